The van der Waals surface area contributed by atoms with Crippen LogP contribution in [0.2, 0.25) is 0 Å². The third-order valence-electron chi connectivity index (χ3n) is 3.01. The Balaban J connectivity index is 2.56. The number of rotatable bonds is 4. The topological polar surface area (TPSA) is 94.7 Å². The van der Waals surface area contributed by atoms with Crippen LogP contribution < -0.4 is 5.56 Å². The Hall–Kier alpha value is -2.55. The molecule has 2 N–H and O–H groups in total. The zero-order valence-electron chi connectivity index (χ0n) is 11.4. The number of hydrogen-bond donors (Lipinski definition) is 2. The Morgan fingerprint density at radius 3 is 2.85 bits per heavy atom. The first kappa shape index (κ1) is 13.9. The van der Waals surface area contributed by atoms with Gasteiger partial charge in [0, 0.05) is 12.7 Å². The van der Waals surface area contributed by atoms with Crippen LogP contribution in [0.5, 0.6) is 5.75 Å². The predicted octanol–water partition coefficient (Wildman–Crippen LogP) is 1.86. The molecule has 104 valence electrons. The van der Waals surface area contributed by atoms with Gasteiger partial charge in [0.05, 0.1) is 5.69 Å². The van der Waals surface area contributed by atoms with E-state index in [4.69, 9.17) is 5.26 Å². The summed E-state index contributed by atoms with van der Waals surface area (Å²) in [6.45, 7) is 4.50. The average molecular weight is 272 g/mol. The number of nitrogens with one attached hydrogen (secondary N) is 1. The molecule has 0 saturated heterocycles. The molecule has 0 aliphatic heterocycles. The van der Waals surface area contributed by atoms with E-state index in [1.807, 2.05) is 13.8 Å². The molecule has 0 radical (unpaired) electrons. The summed E-state index contributed by atoms with van der Waals surface area (Å²) in [4.78, 5) is 15.0. The van der Waals surface area contributed by atoms with Crippen LogP contribution in [-0.4, -0.2) is 19.9 Å². The molecule has 2 aromatic rings. The minimum atomic E-state index is -0.555. The molecule has 2 rings (SSSR count). The first-order valence-corrected chi connectivity index (χ1v) is 6.42. The highest BCUT2D eigenvalue weighted by Crippen LogP contribution is 2.26. The van der Waals surface area contributed by atoms with Gasteiger partial charge in [-0.3, -0.25) is 4.79 Å². The molecule has 6 nitrogen and oxygen atoms in total. The van der Waals surface area contributed by atoms with Crippen LogP contribution in [0.3, 0.4) is 0 Å². The number of H-pyrrole nitrogens is 1. The van der Waals surface area contributed by atoms with E-state index >= 15 is 0 Å². The van der Waals surface area contributed by atoms with Gasteiger partial charge in [-0.15, -0.1) is 0 Å². The Kier molecular flexibility index (Phi) is 3.89. The van der Waals surface area contributed by atoms with Gasteiger partial charge in [0.25, 0.3) is 5.56 Å². The molecule has 0 amide bonds. The molecule has 0 aromatic carbocycles. The molecular formula is C14H16N4O2. The highest BCUT2D eigenvalue weighted by Gasteiger charge is 2.18. The third kappa shape index (κ3) is 2.57. The van der Waals surface area contributed by atoms with Crippen LogP contribution in [0.4, 0.5) is 0 Å². The Labute approximate surface area is 116 Å². The first-order valence-electron chi connectivity index (χ1n) is 6.42. The van der Waals surface area contributed by atoms with Crippen molar-refractivity contribution in [2.75, 3.05) is 0 Å². The quantitative estimate of drug-likeness (QED) is 0.888. The van der Waals surface area contributed by atoms with Crippen LogP contribution in [0.15, 0.2) is 23.1 Å². The molecular weight excluding hydrogens is 256 g/mol. The lowest BCUT2D eigenvalue weighted by molar-refractivity contribution is 0.443. The van der Waals surface area contributed by atoms with Crippen LogP contribution in [-0.2, 0) is 6.54 Å². The summed E-state index contributed by atoms with van der Waals surface area (Å²) in [5.74, 6) is 0.0396. The second-order valence-corrected chi connectivity index (χ2v) is 4.98. The zero-order chi connectivity index (χ0) is 14.7. The molecule has 0 bridgehead atoms. The summed E-state index contributed by atoms with van der Waals surface area (Å²) in [6.07, 6.45) is 2.46. The van der Waals surface area contributed by atoms with E-state index in [2.05, 4.69) is 10.1 Å². The molecule has 0 atom stereocenters. The van der Waals surface area contributed by atoms with Gasteiger partial charge in [-0.2, -0.15) is 10.4 Å². The molecule has 0 saturated carbocycles. The van der Waals surface area contributed by atoms with Gasteiger partial charge < -0.3 is 10.1 Å². The van der Waals surface area contributed by atoms with Gasteiger partial charge in [-0.25, -0.2) is 4.68 Å². The molecule has 0 fully saturated rings. The first-order chi connectivity index (χ1) is 9.54. The van der Waals surface area contributed by atoms with Gasteiger partial charge in [0.15, 0.2) is 17.0 Å². The monoisotopic (exact) mass is 272 g/mol. The van der Waals surface area contributed by atoms with Crippen molar-refractivity contribution < 1.29 is 5.11 Å². The summed E-state index contributed by atoms with van der Waals surface area (Å²) in [5, 5.41) is 23.3. The predicted molar refractivity (Wildman–Crippen MR) is 74.1 cm³/mol. The smallest absolute Gasteiger partial charge is 0.288 e. The SMILES string of the molecule is CC(C)CCn1nc(-c2ccc[nH]2)c(O)c(C#N)c1=O. The largest absolute Gasteiger partial charge is 0.504 e. The molecule has 0 unspecified atom stereocenters. The van der Waals surface area contributed by atoms with Crippen molar-refractivity contribution in [3.05, 3.63) is 34.2 Å². The second-order valence-electron chi connectivity index (χ2n) is 4.98. The van der Waals surface area contributed by atoms with Crippen molar-refractivity contribution in [3.8, 4) is 23.2 Å². The van der Waals surface area contributed by atoms with Crippen molar-refractivity contribution in [1.82, 2.24) is 14.8 Å². The van der Waals surface area contributed by atoms with Crippen molar-refractivity contribution in [1.29, 1.82) is 5.26 Å². The average Bonchev–Trinajstić information content (AvgIpc) is 2.92. The third-order valence-corrected chi connectivity index (χ3v) is 3.01. The number of nitriles is 1. The summed E-state index contributed by atoms with van der Waals surface area (Å²) >= 11 is 0. The summed E-state index contributed by atoms with van der Waals surface area (Å²) in [5.41, 5.74) is -0.0403. The molecule has 6 heteroatoms. The maximum Gasteiger partial charge on any atom is 0.288 e. The van der Waals surface area contributed by atoms with Crippen LogP contribution in [0, 0.1) is 17.2 Å². The van der Waals surface area contributed by atoms with E-state index in [1.165, 1.54) is 4.68 Å². The molecule has 0 aliphatic rings. The normalized spacial score (nSPS) is 10.7. The zero-order valence-corrected chi connectivity index (χ0v) is 11.4. The lowest BCUT2D eigenvalue weighted by atomic mass is 10.1. The van der Waals surface area contributed by atoms with Gasteiger partial charge in [0.2, 0.25) is 0 Å². The number of aryl methyl sites for hydroxylation is 1. The highest BCUT2D eigenvalue weighted by molar-refractivity contribution is 5.65. The van der Waals surface area contributed by atoms with Crippen LogP contribution >= 0.6 is 0 Å². The van der Waals surface area contributed by atoms with Gasteiger partial charge in [-0.05, 0) is 24.5 Å². The van der Waals surface area contributed by atoms with Gasteiger partial charge >= 0.3 is 0 Å². The van der Waals surface area contributed by atoms with E-state index in [0.717, 1.165) is 6.42 Å². The van der Waals surface area contributed by atoms with Crippen molar-refractivity contribution in [2.45, 2.75) is 26.8 Å². The Morgan fingerprint density at radius 1 is 1.55 bits per heavy atom. The maximum atomic E-state index is 12.1. The minimum absolute atomic E-state index is 0.218. The Morgan fingerprint density at radius 2 is 2.30 bits per heavy atom. The Bertz CT molecular complexity index is 693. The summed E-state index contributed by atoms with van der Waals surface area (Å²) in [6, 6.07) is 5.24. The van der Waals surface area contributed by atoms with Gasteiger partial charge in [-0.1, -0.05) is 13.8 Å². The van der Waals surface area contributed by atoms with Crippen LogP contribution in [0.1, 0.15) is 25.8 Å². The lowest BCUT2D eigenvalue weighted by Crippen LogP contribution is -2.26. The number of nitrogens with zero attached hydrogens (tertiary/aromatic N) is 3. The van der Waals surface area contributed by atoms with Crippen molar-refractivity contribution >= 4 is 0 Å². The number of aromatic hydroxyl groups is 1. The molecule has 0 spiro atoms. The maximum absolute atomic E-state index is 12.1. The fraction of sp³-hybridized carbons (Fsp3) is 0.357. The minimum Gasteiger partial charge on any atom is -0.504 e. The highest BCUT2D eigenvalue weighted by atomic mass is 16.3. The summed E-state index contributed by atoms with van der Waals surface area (Å²) < 4.78 is 1.24. The van der Waals surface area contributed by atoms with E-state index in [9.17, 15) is 9.90 Å². The fourth-order valence-electron chi connectivity index (χ4n) is 1.85. The number of aromatic nitrogens is 3. The standard InChI is InChI=1S/C14H16N4O2/c1-9(2)5-7-18-14(20)10(8-15)13(19)12(17-18)11-4-3-6-16-11/h3-4,6,9,16,19H,5,7H2,1-2H3. The summed E-state index contributed by atoms with van der Waals surface area (Å²) in [7, 11) is 0. The fourth-order valence-corrected chi connectivity index (χ4v) is 1.85. The van der Waals surface area contributed by atoms with Gasteiger partial charge in [0.1, 0.15) is 6.07 Å². The van der Waals surface area contributed by atoms with E-state index < -0.39 is 5.56 Å². The number of hydrogen-bond acceptors (Lipinski definition) is 4. The van der Waals surface area contributed by atoms with Crippen LogP contribution in [0.25, 0.3) is 11.4 Å². The number of aromatic amines is 1. The lowest BCUT2D eigenvalue weighted by Gasteiger charge is -2.10. The molecule has 20 heavy (non-hydrogen) atoms. The van der Waals surface area contributed by atoms with E-state index in [1.54, 1.807) is 24.4 Å². The molecule has 2 aromatic heterocycles. The second kappa shape index (κ2) is 5.61. The van der Waals surface area contributed by atoms with Crippen molar-refractivity contribution in [2.24, 2.45) is 5.92 Å². The molecule has 2 heterocycles. The molecule has 0 aliphatic carbocycles. The van der Waals surface area contributed by atoms with E-state index in [0.29, 0.717) is 18.2 Å². The van der Waals surface area contributed by atoms with Crippen molar-refractivity contribution in [3.63, 3.8) is 0 Å². The van der Waals surface area contributed by atoms with E-state index in [-0.39, 0.29) is 17.0 Å².